The van der Waals surface area contributed by atoms with Gasteiger partial charge in [-0.3, -0.25) is 9.80 Å². The summed E-state index contributed by atoms with van der Waals surface area (Å²) >= 11 is 0. The Balaban J connectivity index is 1.43. The highest BCUT2D eigenvalue weighted by Gasteiger charge is 2.16. The van der Waals surface area contributed by atoms with E-state index in [-0.39, 0.29) is 0 Å². The van der Waals surface area contributed by atoms with Crippen molar-refractivity contribution in [3.05, 3.63) is 65.8 Å². The molecule has 2 heterocycles. The molecule has 126 valence electrons. The lowest BCUT2D eigenvalue weighted by Crippen LogP contribution is -2.45. The monoisotopic (exact) mass is 322 g/mol. The van der Waals surface area contributed by atoms with Crippen LogP contribution in [-0.2, 0) is 13.0 Å². The number of aryl methyl sites for hydroxylation is 1. The first-order valence-electron chi connectivity index (χ1n) is 8.80. The summed E-state index contributed by atoms with van der Waals surface area (Å²) in [6, 6.07) is 12.5. The molecule has 3 rings (SSSR count). The van der Waals surface area contributed by atoms with E-state index in [1.165, 1.54) is 5.56 Å². The molecule has 0 aliphatic carbocycles. The molecule has 0 unspecified atom stereocenters. The number of aromatic nitrogens is 2. The van der Waals surface area contributed by atoms with Crippen LogP contribution in [0, 0.1) is 0 Å². The van der Waals surface area contributed by atoms with Gasteiger partial charge in [-0.2, -0.15) is 0 Å². The predicted octanol–water partition coefficient (Wildman–Crippen LogP) is 2.87. The largest absolute Gasteiger partial charge is 0.297 e. The van der Waals surface area contributed by atoms with Crippen LogP contribution in [0.4, 0.5) is 0 Å². The molecular weight excluding hydrogens is 296 g/mol. The number of rotatable bonds is 6. The van der Waals surface area contributed by atoms with Crippen LogP contribution in [0.25, 0.3) is 6.08 Å². The van der Waals surface area contributed by atoms with Gasteiger partial charge in [0.05, 0.1) is 5.69 Å². The smallest absolute Gasteiger partial charge is 0.128 e. The van der Waals surface area contributed by atoms with Crippen LogP contribution in [0.5, 0.6) is 0 Å². The van der Waals surface area contributed by atoms with Crippen molar-refractivity contribution in [3.8, 4) is 0 Å². The number of nitrogens with zero attached hydrogens (tertiary/aromatic N) is 4. The summed E-state index contributed by atoms with van der Waals surface area (Å²) in [6.07, 6.45) is 7.25. The van der Waals surface area contributed by atoms with E-state index in [0.717, 1.165) is 57.2 Å². The molecule has 4 nitrogen and oxygen atoms in total. The second-order valence-corrected chi connectivity index (χ2v) is 6.21. The zero-order chi connectivity index (χ0) is 16.6. The molecule has 1 aliphatic rings. The highest BCUT2D eigenvalue weighted by molar-refractivity contribution is 5.48. The van der Waals surface area contributed by atoms with Gasteiger partial charge in [-0.1, -0.05) is 49.4 Å². The summed E-state index contributed by atoms with van der Waals surface area (Å²) in [7, 11) is 0. The molecule has 1 aromatic heterocycles. The average Bonchev–Trinajstić information content (AvgIpc) is 2.64. The Labute approximate surface area is 144 Å². The minimum Gasteiger partial charge on any atom is -0.297 e. The van der Waals surface area contributed by atoms with Crippen LogP contribution in [-0.4, -0.2) is 52.5 Å². The normalized spacial score (nSPS) is 16.7. The summed E-state index contributed by atoms with van der Waals surface area (Å²) in [6.45, 7) is 8.49. The predicted molar refractivity (Wildman–Crippen MR) is 98.6 cm³/mol. The molecular formula is C20H26N4. The van der Waals surface area contributed by atoms with E-state index in [0.29, 0.717) is 0 Å². The van der Waals surface area contributed by atoms with Gasteiger partial charge < -0.3 is 0 Å². The molecule has 0 radical (unpaired) electrons. The molecule has 24 heavy (non-hydrogen) atoms. The highest BCUT2D eigenvalue weighted by Crippen LogP contribution is 2.08. The Morgan fingerprint density at radius 2 is 1.75 bits per heavy atom. The fraction of sp³-hybridized carbons (Fsp3) is 0.400. The maximum absolute atomic E-state index is 4.61. The summed E-state index contributed by atoms with van der Waals surface area (Å²) in [4.78, 5) is 13.9. The van der Waals surface area contributed by atoms with E-state index < -0.39 is 0 Å². The van der Waals surface area contributed by atoms with Crippen LogP contribution in [0.15, 0.2) is 48.7 Å². The minimum atomic E-state index is 0.898. The molecule has 1 fully saturated rings. The molecule has 0 N–H and O–H groups in total. The van der Waals surface area contributed by atoms with Gasteiger partial charge in [-0.15, -0.1) is 0 Å². The maximum Gasteiger partial charge on any atom is 0.128 e. The molecule has 0 bridgehead atoms. The van der Waals surface area contributed by atoms with E-state index in [2.05, 4.69) is 69.2 Å². The standard InChI is InChI=1S/C20H26N4/c1-2-20-21-11-10-19(22-20)17-24-15-13-23(14-16-24)12-6-9-18-7-4-3-5-8-18/h3-11H,2,12-17H2,1H3/b9-6+. The van der Waals surface area contributed by atoms with Gasteiger partial charge in [0.25, 0.3) is 0 Å². The van der Waals surface area contributed by atoms with Crippen LogP contribution >= 0.6 is 0 Å². The Hall–Kier alpha value is -2.04. The van der Waals surface area contributed by atoms with Crippen molar-refractivity contribution in [2.75, 3.05) is 32.7 Å². The molecule has 1 saturated heterocycles. The van der Waals surface area contributed by atoms with E-state index in [1.54, 1.807) is 0 Å². The lowest BCUT2D eigenvalue weighted by molar-refractivity contribution is 0.136. The van der Waals surface area contributed by atoms with Crippen molar-refractivity contribution in [1.29, 1.82) is 0 Å². The van der Waals surface area contributed by atoms with Crippen LogP contribution in [0.2, 0.25) is 0 Å². The van der Waals surface area contributed by atoms with Gasteiger partial charge in [0.1, 0.15) is 5.82 Å². The van der Waals surface area contributed by atoms with Gasteiger partial charge in [0, 0.05) is 51.9 Å². The maximum atomic E-state index is 4.61. The molecule has 0 amide bonds. The second-order valence-electron chi connectivity index (χ2n) is 6.21. The zero-order valence-electron chi connectivity index (χ0n) is 14.4. The van der Waals surface area contributed by atoms with Gasteiger partial charge in [-0.05, 0) is 11.6 Å². The number of benzene rings is 1. The minimum absolute atomic E-state index is 0.898. The average molecular weight is 322 g/mol. The number of hydrogen-bond acceptors (Lipinski definition) is 4. The molecule has 2 aromatic rings. The van der Waals surface area contributed by atoms with Gasteiger partial charge >= 0.3 is 0 Å². The molecule has 4 heteroatoms. The Kier molecular flexibility index (Phi) is 6.10. The molecule has 0 saturated carbocycles. The molecule has 1 aliphatic heterocycles. The fourth-order valence-electron chi connectivity index (χ4n) is 2.96. The van der Waals surface area contributed by atoms with Crippen molar-refractivity contribution in [3.63, 3.8) is 0 Å². The van der Waals surface area contributed by atoms with Crippen LogP contribution in [0.3, 0.4) is 0 Å². The molecule has 0 spiro atoms. The highest BCUT2D eigenvalue weighted by atomic mass is 15.3. The van der Waals surface area contributed by atoms with E-state index in [4.69, 9.17) is 0 Å². The summed E-state index contributed by atoms with van der Waals surface area (Å²) in [5, 5.41) is 0. The lowest BCUT2D eigenvalue weighted by atomic mass is 10.2. The third-order valence-electron chi connectivity index (χ3n) is 4.40. The Morgan fingerprint density at radius 3 is 2.50 bits per heavy atom. The van der Waals surface area contributed by atoms with Crippen molar-refractivity contribution in [1.82, 2.24) is 19.8 Å². The third-order valence-corrected chi connectivity index (χ3v) is 4.40. The van der Waals surface area contributed by atoms with Crippen LogP contribution < -0.4 is 0 Å². The van der Waals surface area contributed by atoms with Crippen molar-refractivity contribution < 1.29 is 0 Å². The quantitative estimate of drug-likeness (QED) is 0.818. The first-order chi connectivity index (χ1) is 11.8. The van der Waals surface area contributed by atoms with E-state index in [1.807, 2.05) is 12.3 Å². The first-order valence-corrected chi connectivity index (χ1v) is 8.80. The Morgan fingerprint density at radius 1 is 1.00 bits per heavy atom. The second kappa shape index (κ2) is 8.71. The molecule has 0 atom stereocenters. The lowest BCUT2D eigenvalue weighted by Gasteiger charge is -2.33. The van der Waals surface area contributed by atoms with Crippen molar-refractivity contribution in [2.45, 2.75) is 19.9 Å². The number of hydrogen-bond donors (Lipinski definition) is 0. The summed E-state index contributed by atoms with van der Waals surface area (Å²) in [5.41, 5.74) is 2.41. The topological polar surface area (TPSA) is 32.3 Å². The van der Waals surface area contributed by atoms with Crippen molar-refractivity contribution >= 4 is 6.08 Å². The summed E-state index contributed by atoms with van der Waals surface area (Å²) in [5.74, 6) is 0.942. The van der Waals surface area contributed by atoms with E-state index in [9.17, 15) is 0 Å². The third kappa shape index (κ3) is 4.98. The van der Waals surface area contributed by atoms with Gasteiger partial charge in [0.15, 0.2) is 0 Å². The van der Waals surface area contributed by atoms with Crippen molar-refractivity contribution in [2.24, 2.45) is 0 Å². The molecule has 1 aromatic carbocycles. The first kappa shape index (κ1) is 16.8. The number of piperazine rings is 1. The zero-order valence-corrected chi connectivity index (χ0v) is 14.4. The van der Waals surface area contributed by atoms with Gasteiger partial charge in [0.2, 0.25) is 0 Å². The Bertz CT molecular complexity index is 646. The SMILES string of the molecule is CCc1nccc(CN2CCN(C/C=C/c3ccccc3)CC2)n1. The fourth-order valence-corrected chi connectivity index (χ4v) is 2.96. The summed E-state index contributed by atoms with van der Waals surface area (Å²) < 4.78 is 0. The van der Waals surface area contributed by atoms with E-state index >= 15 is 0 Å². The van der Waals surface area contributed by atoms with Crippen LogP contribution in [0.1, 0.15) is 24.0 Å². The van der Waals surface area contributed by atoms with Gasteiger partial charge in [-0.25, -0.2) is 9.97 Å².